The number of carbonyl (C=O) groups is 1. The minimum atomic E-state index is 0.00838. The van der Waals surface area contributed by atoms with Gasteiger partial charge < -0.3 is 9.88 Å². The van der Waals surface area contributed by atoms with Crippen LogP contribution in [0.2, 0.25) is 5.02 Å². The smallest absolute Gasteiger partial charge is 0.268 e. The summed E-state index contributed by atoms with van der Waals surface area (Å²) in [7, 11) is 0. The Labute approximate surface area is 151 Å². The van der Waals surface area contributed by atoms with Crippen molar-refractivity contribution in [1.29, 1.82) is 0 Å². The average Bonchev–Trinajstić information content (AvgIpc) is 3.15. The van der Waals surface area contributed by atoms with Crippen molar-refractivity contribution in [3.05, 3.63) is 56.5 Å². The molecule has 1 saturated carbocycles. The topological polar surface area (TPSA) is 34.0 Å². The number of aromatic nitrogens is 1. The van der Waals surface area contributed by atoms with E-state index >= 15 is 0 Å². The maximum atomic E-state index is 12.6. The van der Waals surface area contributed by atoms with Gasteiger partial charge in [0.1, 0.15) is 5.69 Å². The molecule has 1 N–H and O–H groups in total. The van der Waals surface area contributed by atoms with E-state index in [2.05, 4.69) is 31.9 Å². The summed E-state index contributed by atoms with van der Waals surface area (Å²) in [5.41, 5.74) is 2.87. The standard InChI is InChI=1S/C17H14BrClN2OS/c18-16-8-13-15(23-16)7-14(17(22)20-12-4-5-12)21(13)9-10-2-1-3-11(19)6-10/h1-3,6-8,12H,4-5,9H2,(H,20,22). The molecule has 118 valence electrons. The van der Waals surface area contributed by atoms with Crippen LogP contribution in [-0.2, 0) is 6.54 Å². The quantitative estimate of drug-likeness (QED) is 0.642. The molecule has 1 aliphatic rings. The molecular weight excluding hydrogens is 396 g/mol. The molecule has 0 bridgehead atoms. The fourth-order valence-electron chi connectivity index (χ4n) is 2.67. The summed E-state index contributed by atoms with van der Waals surface area (Å²) in [6.07, 6.45) is 2.17. The fourth-order valence-corrected chi connectivity index (χ4v) is 4.45. The molecule has 1 aromatic carbocycles. The molecule has 1 amide bonds. The summed E-state index contributed by atoms with van der Waals surface area (Å²) in [5.74, 6) is 0.00838. The lowest BCUT2D eigenvalue weighted by molar-refractivity contribution is 0.0942. The third kappa shape index (κ3) is 3.18. The van der Waals surface area contributed by atoms with Crippen LogP contribution in [0.1, 0.15) is 28.9 Å². The summed E-state index contributed by atoms with van der Waals surface area (Å²) >= 11 is 11.3. The van der Waals surface area contributed by atoms with Gasteiger partial charge in [0.25, 0.3) is 5.91 Å². The molecule has 0 unspecified atom stereocenters. The predicted molar refractivity (Wildman–Crippen MR) is 98.6 cm³/mol. The van der Waals surface area contributed by atoms with Gasteiger partial charge in [-0.1, -0.05) is 23.7 Å². The van der Waals surface area contributed by atoms with Crippen molar-refractivity contribution in [1.82, 2.24) is 9.88 Å². The van der Waals surface area contributed by atoms with Gasteiger partial charge in [0.05, 0.1) is 14.0 Å². The van der Waals surface area contributed by atoms with Gasteiger partial charge in [-0.15, -0.1) is 11.3 Å². The van der Waals surface area contributed by atoms with Gasteiger partial charge in [-0.2, -0.15) is 0 Å². The normalized spacial score (nSPS) is 14.3. The third-order valence-corrected chi connectivity index (χ3v) is 5.74. The van der Waals surface area contributed by atoms with Crippen LogP contribution in [0.4, 0.5) is 0 Å². The van der Waals surface area contributed by atoms with Crippen molar-refractivity contribution in [2.75, 3.05) is 0 Å². The van der Waals surface area contributed by atoms with Gasteiger partial charge >= 0.3 is 0 Å². The number of hydrogen-bond acceptors (Lipinski definition) is 2. The van der Waals surface area contributed by atoms with Gasteiger partial charge in [-0.3, -0.25) is 4.79 Å². The summed E-state index contributed by atoms with van der Waals surface area (Å²) in [6.45, 7) is 0.626. The minimum absolute atomic E-state index is 0.00838. The molecule has 0 saturated heterocycles. The van der Waals surface area contributed by atoms with Gasteiger partial charge in [0.15, 0.2) is 0 Å². The molecule has 6 heteroatoms. The molecule has 3 nitrogen and oxygen atoms in total. The van der Waals surface area contributed by atoms with Crippen LogP contribution in [0.3, 0.4) is 0 Å². The van der Waals surface area contributed by atoms with E-state index in [1.807, 2.05) is 30.3 Å². The summed E-state index contributed by atoms with van der Waals surface area (Å²) < 4.78 is 4.25. The second-order valence-corrected chi connectivity index (χ2v) is 8.69. The van der Waals surface area contributed by atoms with Crippen molar-refractivity contribution in [3.8, 4) is 0 Å². The van der Waals surface area contributed by atoms with E-state index in [1.165, 1.54) is 0 Å². The van der Waals surface area contributed by atoms with Crippen LogP contribution < -0.4 is 5.32 Å². The summed E-state index contributed by atoms with van der Waals surface area (Å²) in [5, 5.41) is 3.79. The second-order valence-electron chi connectivity index (χ2n) is 5.79. The lowest BCUT2D eigenvalue weighted by Gasteiger charge is -2.11. The molecule has 0 aliphatic heterocycles. The van der Waals surface area contributed by atoms with E-state index in [-0.39, 0.29) is 5.91 Å². The predicted octanol–water partition coefficient (Wildman–Crippen LogP) is 5.06. The highest BCUT2D eigenvalue weighted by atomic mass is 79.9. The Morgan fingerprint density at radius 1 is 1.35 bits per heavy atom. The number of amides is 1. The maximum Gasteiger partial charge on any atom is 0.268 e. The molecule has 2 aromatic heterocycles. The van der Waals surface area contributed by atoms with E-state index in [0.29, 0.717) is 23.3 Å². The third-order valence-electron chi connectivity index (χ3n) is 3.93. The van der Waals surface area contributed by atoms with E-state index in [9.17, 15) is 4.79 Å². The zero-order valence-corrected chi connectivity index (χ0v) is 15.3. The number of fused-ring (bicyclic) bond motifs is 1. The first-order valence-electron chi connectivity index (χ1n) is 7.44. The molecule has 3 aromatic rings. The van der Waals surface area contributed by atoms with Gasteiger partial charge in [-0.05, 0) is 58.6 Å². The van der Waals surface area contributed by atoms with Crippen LogP contribution >= 0.6 is 38.9 Å². The second kappa shape index (κ2) is 5.96. The number of halogens is 2. The highest BCUT2D eigenvalue weighted by molar-refractivity contribution is 9.11. The van der Waals surface area contributed by atoms with Gasteiger partial charge in [0.2, 0.25) is 0 Å². The maximum absolute atomic E-state index is 12.6. The number of thiophene rings is 1. The molecule has 2 heterocycles. The van der Waals surface area contributed by atoms with Crippen LogP contribution in [0.5, 0.6) is 0 Å². The van der Waals surface area contributed by atoms with Crippen LogP contribution in [0.25, 0.3) is 10.2 Å². The minimum Gasteiger partial charge on any atom is -0.348 e. The summed E-state index contributed by atoms with van der Waals surface area (Å²) in [4.78, 5) is 12.6. The van der Waals surface area contributed by atoms with Crippen molar-refractivity contribution in [2.24, 2.45) is 0 Å². The molecular formula is C17H14BrClN2OS. The molecule has 0 atom stereocenters. The van der Waals surface area contributed by atoms with Crippen LogP contribution in [0.15, 0.2) is 40.2 Å². The zero-order valence-electron chi connectivity index (χ0n) is 12.2. The largest absolute Gasteiger partial charge is 0.348 e. The van der Waals surface area contributed by atoms with E-state index < -0.39 is 0 Å². The highest BCUT2D eigenvalue weighted by Crippen LogP contribution is 2.33. The van der Waals surface area contributed by atoms with Crippen molar-refractivity contribution in [3.63, 3.8) is 0 Å². The Hall–Kier alpha value is -1.30. The Balaban J connectivity index is 1.75. The molecule has 0 spiro atoms. The number of hydrogen-bond donors (Lipinski definition) is 1. The lowest BCUT2D eigenvalue weighted by Crippen LogP contribution is -2.27. The van der Waals surface area contributed by atoms with Crippen LogP contribution in [0, 0.1) is 0 Å². The van der Waals surface area contributed by atoms with Gasteiger partial charge in [-0.25, -0.2) is 0 Å². The fraction of sp³-hybridized carbons (Fsp3) is 0.235. The molecule has 4 rings (SSSR count). The monoisotopic (exact) mass is 408 g/mol. The number of rotatable bonds is 4. The zero-order chi connectivity index (χ0) is 16.0. The number of nitrogens with one attached hydrogen (secondary N) is 1. The van der Waals surface area contributed by atoms with E-state index in [0.717, 1.165) is 32.4 Å². The van der Waals surface area contributed by atoms with Crippen molar-refractivity contribution in [2.45, 2.75) is 25.4 Å². The Bertz CT molecular complexity index is 897. The Kier molecular flexibility index (Phi) is 3.95. The molecule has 0 radical (unpaired) electrons. The molecule has 1 fully saturated rings. The van der Waals surface area contributed by atoms with Crippen molar-refractivity contribution >= 4 is 55.0 Å². The highest BCUT2D eigenvalue weighted by Gasteiger charge is 2.26. The van der Waals surface area contributed by atoms with Gasteiger partial charge in [0, 0.05) is 17.6 Å². The van der Waals surface area contributed by atoms with Crippen molar-refractivity contribution < 1.29 is 4.79 Å². The SMILES string of the molecule is O=C(NC1CC1)c1cc2sc(Br)cc2n1Cc1cccc(Cl)c1. The summed E-state index contributed by atoms with van der Waals surface area (Å²) in [6, 6.07) is 12.2. The first kappa shape index (κ1) is 15.2. The first-order chi connectivity index (χ1) is 11.1. The number of benzene rings is 1. The lowest BCUT2D eigenvalue weighted by atomic mass is 10.2. The molecule has 1 aliphatic carbocycles. The number of nitrogens with zero attached hydrogens (tertiary/aromatic N) is 1. The van der Waals surface area contributed by atoms with Crippen LogP contribution in [-0.4, -0.2) is 16.5 Å². The van der Waals surface area contributed by atoms with E-state index in [1.54, 1.807) is 11.3 Å². The Morgan fingerprint density at radius 3 is 2.91 bits per heavy atom. The first-order valence-corrected chi connectivity index (χ1v) is 9.43. The molecule has 23 heavy (non-hydrogen) atoms. The average molecular weight is 410 g/mol. The Morgan fingerprint density at radius 2 is 2.17 bits per heavy atom. The van der Waals surface area contributed by atoms with E-state index in [4.69, 9.17) is 11.6 Å². The number of carbonyl (C=O) groups excluding carboxylic acids is 1.